The Balaban J connectivity index is 1.56. The van der Waals surface area contributed by atoms with Gasteiger partial charge in [0.1, 0.15) is 0 Å². The van der Waals surface area contributed by atoms with Gasteiger partial charge in [-0.3, -0.25) is 4.90 Å². The third kappa shape index (κ3) is 2.75. The van der Waals surface area contributed by atoms with E-state index in [1.807, 2.05) is 6.33 Å². The molecule has 2 heterocycles. The summed E-state index contributed by atoms with van der Waals surface area (Å²) < 4.78 is 2.32. The highest BCUT2D eigenvalue weighted by atomic mass is 15.2. The van der Waals surface area contributed by atoms with Crippen molar-refractivity contribution in [3.63, 3.8) is 0 Å². The van der Waals surface area contributed by atoms with Crippen LogP contribution in [0, 0.1) is 0 Å². The standard InChI is InChI=1S/C14H24N4/c1-11(2)15-7-12-8-18(10-16-12)14-5-6-17(9-14)13-3-4-13/h8,10-11,13-15H,3-7,9H2,1-2H3. The Kier molecular flexibility index (Phi) is 3.39. The van der Waals surface area contributed by atoms with E-state index < -0.39 is 0 Å². The van der Waals surface area contributed by atoms with Gasteiger partial charge >= 0.3 is 0 Å². The summed E-state index contributed by atoms with van der Waals surface area (Å²) in [5, 5.41) is 3.42. The van der Waals surface area contributed by atoms with Crippen molar-refractivity contribution >= 4 is 0 Å². The average molecular weight is 248 g/mol. The molecule has 1 aromatic heterocycles. The van der Waals surface area contributed by atoms with Gasteiger partial charge in [-0.05, 0) is 19.3 Å². The van der Waals surface area contributed by atoms with Gasteiger partial charge in [0, 0.05) is 44.0 Å². The smallest absolute Gasteiger partial charge is 0.0953 e. The number of hydrogen-bond donors (Lipinski definition) is 1. The summed E-state index contributed by atoms with van der Waals surface area (Å²) in [4.78, 5) is 7.15. The van der Waals surface area contributed by atoms with Gasteiger partial charge in [-0.1, -0.05) is 13.8 Å². The molecule has 2 fully saturated rings. The lowest BCUT2D eigenvalue weighted by atomic mass is 10.2. The fraction of sp³-hybridized carbons (Fsp3) is 0.786. The second kappa shape index (κ2) is 5.02. The first-order valence-electron chi connectivity index (χ1n) is 7.22. The van der Waals surface area contributed by atoms with Crippen molar-refractivity contribution in [3.8, 4) is 0 Å². The van der Waals surface area contributed by atoms with Gasteiger partial charge < -0.3 is 9.88 Å². The van der Waals surface area contributed by atoms with E-state index in [4.69, 9.17) is 0 Å². The van der Waals surface area contributed by atoms with Crippen molar-refractivity contribution in [2.24, 2.45) is 0 Å². The molecule has 1 saturated heterocycles. The van der Waals surface area contributed by atoms with Crippen molar-refractivity contribution < 1.29 is 0 Å². The SMILES string of the molecule is CC(C)NCc1cn(C2CCN(C3CC3)C2)cn1. The topological polar surface area (TPSA) is 33.1 Å². The molecule has 1 atom stereocenters. The van der Waals surface area contributed by atoms with Crippen LogP contribution in [-0.4, -0.2) is 39.6 Å². The Bertz CT molecular complexity index is 394. The fourth-order valence-electron chi connectivity index (χ4n) is 2.76. The van der Waals surface area contributed by atoms with Crippen LogP contribution in [0.25, 0.3) is 0 Å². The maximum absolute atomic E-state index is 4.50. The largest absolute Gasteiger partial charge is 0.333 e. The maximum Gasteiger partial charge on any atom is 0.0953 e. The molecule has 1 unspecified atom stereocenters. The van der Waals surface area contributed by atoms with E-state index in [0.29, 0.717) is 12.1 Å². The number of likely N-dealkylation sites (tertiary alicyclic amines) is 1. The van der Waals surface area contributed by atoms with Gasteiger partial charge in [-0.25, -0.2) is 4.98 Å². The van der Waals surface area contributed by atoms with Crippen molar-refractivity contribution in [1.29, 1.82) is 0 Å². The molecule has 3 rings (SSSR count). The lowest BCUT2D eigenvalue weighted by molar-refractivity contribution is 0.313. The van der Waals surface area contributed by atoms with Crippen molar-refractivity contribution in [3.05, 3.63) is 18.2 Å². The third-order valence-electron chi connectivity index (χ3n) is 4.03. The summed E-state index contributed by atoms with van der Waals surface area (Å²) in [6, 6.07) is 2.07. The predicted octanol–water partition coefficient (Wildman–Crippen LogP) is 1.79. The molecule has 1 aromatic rings. The molecular formula is C14H24N4. The van der Waals surface area contributed by atoms with Crippen LogP contribution in [0.3, 0.4) is 0 Å². The quantitative estimate of drug-likeness (QED) is 0.862. The van der Waals surface area contributed by atoms with Gasteiger partial charge in [0.15, 0.2) is 0 Å². The molecule has 4 heteroatoms. The first kappa shape index (κ1) is 12.2. The van der Waals surface area contributed by atoms with Crippen LogP contribution in [0.15, 0.2) is 12.5 Å². The third-order valence-corrected chi connectivity index (χ3v) is 4.03. The first-order valence-corrected chi connectivity index (χ1v) is 7.22. The van der Waals surface area contributed by atoms with E-state index in [2.05, 4.69) is 39.8 Å². The molecule has 1 aliphatic carbocycles. The van der Waals surface area contributed by atoms with E-state index in [0.717, 1.165) is 18.3 Å². The molecule has 4 nitrogen and oxygen atoms in total. The monoisotopic (exact) mass is 248 g/mol. The molecule has 0 radical (unpaired) electrons. The first-order chi connectivity index (χ1) is 8.72. The molecule has 0 bridgehead atoms. The van der Waals surface area contributed by atoms with Gasteiger partial charge in [0.2, 0.25) is 0 Å². The van der Waals surface area contributed by atoms with Crippen molar-refractivity contribution in [2.75, 3.05) is 13.1 Å². The lowest BCUT2D eigenvalue weighted by Gasteiger charge is -2.15. The summed E-state index contributed by atoms with van der Waals surface area (Å²) in [5.74, 6) is 0. The number of aromatic nitrogens is 2. The van der Waals surface area contributed by atoms with Crippen LogP contribution in [0.5, 0.6) is 0 Å². The van der Waals surface area contributed by atoms with Crippen LogP contribution in [0.4, 0.5) is 0 Å². The minimum Gasteiger partial charge on any atom is -0.333 e. The zero-order valence-electron chi connectivity index (χ0n) is 11.5. The number of hydrogen-bond acceptors (Lipinski definition) is 3. The number of nitrogens with one attached hydrogen (secondary N) is 1. The molecule has 1 N–H and O–H groups in total. The molecule has 0 aromatic carbocycles. The Labute approximate surface area is 109 Å². The minimum atomic E-state index is 0.520. The second-order valence-corrected chi connectivity index (χ2v) is 6.02. The van der Waals surface area contributed by atoms with E-state index >= 15 is 0 Å². The van der Waals surface area contributed by atoms with Crippen molar-refractivity contribution in [2.45, 2.75) is 57.8 Å². The zero-order valence-corrected chi connectivity index (χ0v) is 11.5. The maximum atomic E-state index is 4.50. The molecule has 1 aliphatic heterocycles. The Morgan fingerprint density at radius 3 is 2.89 bits per heavy atom. The van der Waals surface area contributed by atoms with Crippen LogP contribution in [0.1, 0.15) is 44.8 Å². The Hall–Kier alpha value is -0.870. The average Bonchev–Trinajstić information content (AvgIpc) is 2.92. The van der Waals surface area contributed by atoms with E-state index in [9.17, 15) is 0 Å². The van der Waals surface area contributed by atoms with Crippen LogP contribution >= 0.6 is 0 Å². The highest BCUT2D eigenvalue weighted by molar-refractivity contribution is 5.00. The molecule has 2 aliphatic rings. The Morgan fingerprint density at radius 2 is 2.17 bits per heavy atom. The summed E-state index contributed by atoms with van der Waals surface area (Å²) in [6.45, 7) is 7.71. The molecular weight excluding hydrogens is 224 g/mol. The number of nitrogens with zero attached hydrogens (tertiary/aromatic N) is 3. The highest BCUT2D eigenvalue weighted by Gasteiger charge is 2.34. The summed E-state index contributed by atoms with van der Waals surface area (Å²) in [7, 11) is 0. The summed E-state index contributed by atoms with van der Waals surface area (Å²) >= 11 is 0. The molecule has 18 heavy (non-hydrogen) atoms. The Morgan fingerprint density at radius 1 is 1.33 bits per heavy atom. The van der Waals surface area contributed by atoms with E-state index in [-0.39, 0.29) is 0 Å². The van der Waals surface area contributed by atoms with Gasteiger partial charge in [0.05, 0.1) is 12.0 Å². The molecule has 1 saturated carbocycles. The summed E-state index contributed by atoms with van der Waals surface area (Å²) in [5.41, 5.74) is 1.16. The normalized spacial score (nSPS) is 25.2. The van der Waals surface area contributed by atoms with Crippen LogP contribution in [-0.2, 0) is 6.54 Å². The fourth-order valence-corrected chi connectivity index (χ4v) is 2.76. The molecule has 100 valence electrons. The van der Waals surface area contributed by atoms with Crippen molar-refractivity contribution in [1.82, 2.24) is 19.8 Å². The minimum absolute atomic E-state index is 0.520. The predicted molar refractivity (Wildman–Crippen MR) is 72.5 cm³/mol. The molecule has 0 amide bonds. The van der Waals surface area contributed by atoms with Gasteiger partial charge in [-0.2, -0.15) is 0 Å². The zero-order chi connectivity index (χ0) is 12.5. The van der Waals surface area contributed by atoms with Crippen LogP contribution < -0.4 is 5.32 Å². The van der Waals surface area contributed by atoms with E-state index in [1.54, 1.807) is 0 Å². The number of rotatable bonds is 5. The lowest BCUT2D eigenvalue weighted by Crippen LogP contribution is -2.23. The number of imidazole rings is 1. The molecule has 0 spiro atoms. The highest BCUT2D eigenvalue weighted by Crippen LogP contribution is 2.33. The van der Waals surface area contributed by atoms with Crippen LogP contribution in [0.2, 0.25) is 0 Å². The van der Waals surface area contributed by atoms with E-state index in [1.165, 1.54) is 32.4 Å². The van der Waals surface area contributed by atoms with Gasteiger partial charge in [-0.15, -0.1) is 0 Å². The second-order valence-electron chi connectivity index (χ2n) is 6.02. The van der Waals surface area contributed by atoms with Gasteiger partial charge in [0.25, 0.3) is 0 Å². The summed E-state index contributed by atoms with van der Waals surface area (Å²) in [6.07, 6.45) is 8.35.